The highest BCUT2D eigenvalue weighted by Gasteiger charge is 2.21. The Hall–Kier alpha value is -4.81. The smallest absolute Gasteiger partial charge is 0.145 e. The van der Waals surface area contributed by atoms with Crippen molar-refractivity contribution >= 4 is 0 Å². The van der Waals surface area contributed by atoms with Gasteiger partial charge in [0.15, 0.2) is 0 Å². The number of benzene rings is 5. The number of nitriles is 1. The Kier molecular flexibility index (Phi) is 8.42. The number of nitrogens with zero attached hydrogens (tertiary/aromatic N) is 1. The molecule has 5 aromatic rings. The van der Waals surface area contributed by atoms with Crippen molar-refractivity contribution in [1.82, 2.24) is 0 Å². The fourth-order valence-electron chi connectivity index (χ4n) is 5.22. The molecule has 0 aromatic heterocycles. The van der Waals surface area contributed by atoms with Crippen molar-refractivity contribution in [2.75, 3.05) is 0 Å². The molecule has 0 bridgehead atoms. The highest BCUT2D eigenvalue weighted by molar-refractivity contribution is 5.91. The zero-order valence-electron chi connectivity index (χ0n) is 25.9. The van der Waals surface area contributed by atoms with E-state index in [2.05, 4.69) is 133 Å². The molecule has 0 aliphatic rings. The van der Waals surface area contributed by atoms with E-state index in [1.54, 1.807) is 0 Å². The van der Waals surface area contributed by atoms with E-state index < -0.39 is 0 Å². The molecule has 0 heterocycles. The largest absolute Gasteiger partial charge is 0.488 e. The van der Waals surface area contributed by atoms with Gasteiger partial charge in [-0.15, -0.1) is 0 Å². The summed E-state index contributed by atoms with van der Waals surface area (Å²) >= 11 is 0. The molecule has 0 saturated carbocycles. The van der Waals surface area contributed by atoms with Gasteiger partial charge in [-0.1, -0.05) is 113 Å². The minimum absolute atomic E-state index is 0.157. The average molecular weight is 566 g/mol. The number of hydrogen-bond donors (Lipinski definition) is 0. The Labute approximate surface area is 256 Å². The molecule has 216 valence electrons. The van der Waals surface area contributed by atoms with Crippen molar-refractivity contribution in [2.45, 2.75) is 59.0 Å². The molecule has 0 spiro atoms. The van der Waals surface area contributed by atoms with Crippen LogP contribution in [0.4, 0.5) is 0 Å². The van der Waals surface area contributed by atoms with Gasteiger partial charge in [0.25, 0.3) is 0 Å². The van der Waals surface area contributed by atoms with Crippen molar-refractivity contribution in [1.29, 1.82) is 5.26 Å². The summed E-state index contributed by atoms with van der Waals surface area (Å²) in [6, 6.07) is 41.7. The van der Waals surface area contributed by atoms with Gasteiger partial charge >= 0.3 is 0 Å². The van der Waals surface area contributed by atoms with Crippen LogP contribution in [0.25, 0.3) is 33.4 Å². The first-order chi connectivity index (χ1) is 20.6. The maximum absolute atomic E-state index is 9.91. The molecule has 0 atom stereocenters. The average Bonchev–Trinajstić information content (AvgIpc) is 3.01. The van der Waals surface area contributed by atoms with Crippen LogP contribution in [-0.2, 0) is 5.41 Å². The molecule has 0 N–H and O–H groups in total. The summed E-state index contributed by atoms with van der Waals surface area (Å²) < 4.78 is 12.4. The van der Waals surface area contributed by atoms with E-state index in [1.807, 2.05) is 30.3 Å². The van der Waals surface area contributed by atoms with Crippen LogP contribution >= 0.6 is 0 Å². The predicted octanol–water partition coefficient (Wildman–Crippen LogP) is 11.2. The van der Waals surface area contributed by atoms with Crippen molar-refractivity contribution < 1.29 is 9.47 Å². The Morgan fingerprint density at radius 1 is 0.581 bits per heavy atom. The Morgan fingerprint density at radius 2 is 1.07 bits per heavy atom. The molecule has 5 rings (SSSR count). The predicted molar refractivity (Wildman–Crippen MR) is 178 cm³/mol. The lowest BCUT2D eigenvalue weighted by molar-refractivity contribution is 0.105. The van der Waals surface area contributed by atoms with Gasteiger partial charge in [-0.2, -0.15) is 5.26 Å². The van der Waals surface area contributed by atoms with E-state index in [0.717, 1.165) is 40.0 Å². The summed E-state index contributed by atoms with van der Waals surface area (Å²) in [4.78, 5) is 0. The maximum atomic E-state index is 9.91. The van der Waals surface area contributed by atoms with Gasteiger partial charge in [0.05, 0.1) is 5.56 Å². The second-order valence-electron chi connectivity index (χ2n) is 12.5. The van der Waals surface area contributed by atoms with Gasteiger partial charge in [0.1, 0.15) is 28.9 Å². The van der Waals surface area contributed by atoms with Gasteiger partial charge in [-0.05, 0) is 95.0 Å². The number of hydrogen-bond acceptors (Lipinski definition) is 3. The molecule has 3 nitrogen and oxygen atoms in total. The van der Waals surface area contributed by atoms with Crippen LogP contribution in [0.1, 0.15) is 59.1 Å². The molecule has 0 radical (unpaired) electrons. The summed E-state index contributed by atoms with van der Waals surface area (Å²) in [6.45, 7) is 12.7. The van der Waals surface area contributed by atoms with E-state index in [9.17, 15) is 5.26 Å². The topological polar surface area (TPSA) is 42.2 Å². The lowest BCUT2D eigenvalue weighted by Crippen LogP contribution is -2.26. The van der Waals surface area contributed by atoms with Crippen LogP contribution in [0, 0.1) is 11.3 Å². The molecule has 3 heteroatoms. The van der Waals surface area contributed by atoms with Gasteiger partial charge in [-0.25, -0.2) is 0 Å². The lowest BCUT2D eigenvalue weighted by Gasteiger charge is -2.25. The molecule has 43 heavy (non-hydrogen) atoms. The van der Waals surface area contributed by atoms with E-state index in [1.165, 1.54) is 11.1 Å². The lowest BCUT2D eigenvalue weighted by atomic mass is 9.84. The van der Waals surface area contributed by atoms with Crippen LogP contribution in [0.5, 0.6) is 17.2 Å². The summed E-state index contributed by atoms with van der Waals surface area (Å²) in [5.41, 5.74) is 8.05. The standard InChI is InChI=1S/C40H39NO2/c1-7-40(5,6)43-31-25-21-29(22-26-31)33-14-9-11-16-35(33)34-15-10-8-13-32(34)28-19-23-30(24-20-28)42-38-18-12-17-37(36(38)27-41)39(2,3)4/h8-26H,7H2,1-6H3. The summed E-state index contributed by atoms with van der Waals surface area (Å²) in [5.74, 6) is 2.15. The first kappa shape index (κ1) is 29.7. The SMILES string of the molecule is CCC(C)(C)Oc1ccc(-c2ccccc2-c2ccccc2-c2ccc(Oc3cccc(C(C)(C)C)c3C#N)cc2)cc1. The number of rotatable bonds is 8. The highest BCUT2D eigenvalue weighted by Crippen LogP contribution is 2.40. The number of ether oxygens (including phenoxy) is 2. The van der Waals surface area contributed by atoms with Gasteiger partial charge in [0.2, 0.25) is 0 Å². The second-order valence-corrected chi connectivity index (χ2v) is 12.5. The molecule has 0 aliphatic carbocycles. The van der Waals surface area contributed by atoms with Crippen LogP contribution in [0.3, 0.4) is 0 Å². The third-order valence-corrected chi connectivity index (χ3v) is 7.89. The fourth-order valence-corrected chi connectivity index (χ4v) is 5.22. The Bertz CT molecular complexity index is 1750. The van der Waals surface area contributed by atoms with E-state index >= 15 is 0 Å². The quantitative estimate of drug-likeness (QED) is 0.188. The molecule has 0 amide bonds. The highest BCUT2D eigenvalue weighted by atomic mass is 16.5. The normalized spacial score (nSPS) is 11.6. The molecule has 0 aliphatic heterocycles. The van der Waals surface area contributed by atoms with E-state index in [-0.39, 0.29) is 11.0 Å². The molecule has 0 unspecified atom stereocenters. The van der Waals surface area contributed by atoms with Gasteiger partial charge < -0.3 is 9.47 Å². The van der Waals surface area contributed by atoms with Crippen molar-refractivity contribution in [2.24, 2.45) is 0 Å². The molecule has 0 fully saturated rings. The van der Waals surface area contributed by atoms with E-state index in [0.29, 0.717) is 17.1 Å². The van der Waals surface area contributed by atoms with Gasteiger partial charge in [-0.3, -0.25) is 0 Å². The van der Waals surface area contributed by atoms with Crippen molar-refractivity contribution in [3.63, 3.8) is 0 Å². The zero-order valence-corrected chi connectivity index (χ0v) is 25.9. The monoisotopic (exact) mass is 565 g/mol. The van der Waals surface area contributed by atoms with Crippen LogP contribution in [0.2, 0.25) is 0 Å². The molecular formula is C40H39NO2. The summed E-state index contributed by atoms with van der Waals surface area (Å²) in [5, 5.41) is 9.91. The maximum Gasteiger partial charge on any atom is 0.145 e. The zero-order chi connectivity index (χ0) is 30.6. The third kappa shape index (κ3) is 6.65. The molecular weight excluding hydrogens is 526 g/mol. The second kappa shape index (κ2) is 12.2. The molecule has 5 aromatic carbocycles. The third-order valence-electron chi connectivity index (χ3n) is 7.89. The van der Waals surface area contributed by atoms with Gasteiger partial charge in [0, 0.05) is 0 Å². The van der Waals surface area contributed by atoms with Crippen molar-refractivity contribution in [3.05, 3.63) is 126 Å². The van der Waals surface area contributed by atoms with Crippen LogP contribution in [-0.4, -0.2) is 5.60 Å². The first-order valence-corrected chi connectivity index (χ1v) is 14.9. The summed E-state index contributed by atoms with van der Waals surface area (Å²) in [6.07, 6.45) is 0.937. The first-order valence-electron chi connectivity index (χ1n) is 14.9. The fraction of sp³-hybridized carbons (Fsp3) is 0.225. The summed E-state index contributed by atoms with van der Waals surface area (Å²) in [7, 11) is 0. The Balaban J connectivity index is 1.45. The van der Waals surface area contributed by atoms with Crippen LogP contribution in [0.15, 0.2) is 115 Å². The molecule has 0 saturated heterocycles. The van der Waals surface area contributed by atoms with E-state index in [4.69, 9.17) is 9.47 Å². The van der Waals surface area contributed by atoms with Crippen molar-refractivity contribution in [3.8, 4) is 56.7 Å². The Morgan fingerprint density at radius 3 is 1.53 bits per heavy atom. The van der Waals surface area contributed by atoms with Crippen LogP contribution < -0.4 is 9.47 Å². The minimum atomic E-state index is -0.201. The minimum Gasteiger partial charge on any atom is -0.488 e.